The summed E-state index contributed by atoms with van der Waals surface area (Å²) in [6.07, 6.45) is -0.278. The average Bonchev–Trinajstić information content (AvgIpc) is 3.12. The summed E-state index contributed by atoms with van der Waals surface area (Å²) in [4.78, 5) is 12.2. The van der Waals surface area contributed by atoms with Gasteiger partial charge in [-0.15, -0.1) is 10.2 Å². The summed E-state index contributed by atoms with van der Waals surface area (Å²) in [6.45, 7) is 4.57. The van der Waals surface area contributed by atoms with Crippen LogP contribution in [0, 0.1) is 0 Å². The molecule has 0 saturated carbocycles. The Bertz CT molecular complexity index is 930. The largest absolute Gasteiger partial charge is 0.506 e. The van der Waals surface area contributed by atoms with Crippen LogP contribution in [0.4, 0.5) is 5.69 Å². The second kappa shape index (κ2) is 9.27. The summed E-state index contributed by atoms with van der Waals surface area (Å²) in [5.74, 6) is 1.42. The molecule has 0 fully saturated rings. The van der Waals surface area contributed by atoms with Crippen molar-refractivity contribution in [1.29, 1.82) is 0 Å². The van der Waals surface area contributed by atoms with Crippen LogP contribution in [0.3, 0.4) is 0 Å². The second-order valence-corrected chi connectivity index (χ2v) is 6.95. The number of benzene rings is 2. The Morgan fingerprint density at radius 1 is 1.18 bits per heavy atom. The molecule has 3 rings (SSSR count). The first-order valence-corrected chi connectivity index (χ1v) is 9.92. The molecule has 2 N–H and O–H groups in total. The molecule has 1 aromatic heterocycles. The highest BCUT2D eigenvalue weighted by atomic mass is 32.2. The summed E-state index contributed by atoms with van der Waals surface area (Å²) in [7, 11) is 0. The van der Waals surface area contributed by atoms with Crippen molar-refractivity contribution in [3.63, 3.8) is 0 Å². The van der Waals surface area contributed by atoms with E-state index in [0.29, 0.717) is 23.2 Å². The number of aromatic hydroxyl groups is 1. The van der Waals surface area contributed by atoms with Gasteiger partial charge in [0, 0.05) is 6.54 Å². The van der Waals surface area contributed by atoms with Gasteiger partial charge in [0.05, 0.1) is 11.4 Å². The van der Waals surface area contributed by atoms with Crippen LogP contribution in [-0.4, -0.2) is 31.5 Å². The van der Waals surface area contributed by atoms with Crippen LogP contribution in [0.1, 0.15) is 25.8 Å². The first-order chi connectivity index (χ1) is 13.6. The van der Waals surface area contributed by atoms with E-state index in [1.54, 1.807) is 18.2 Å². The lowest BCUT2D eigenvalue weighted by Crippen LogP contribution is -2.15. The highest BCUT2D eigenvalue weighted by Crippen LogP contribution is 2.25. The third-order valence-corrected chi connectivity index (χ3v) is 4.96. The molecule has 0 aliphatic heterocycles. The zero-order valence-corrected chi connectivity index (χ0v) is 16.5. The van der Waals surface area contributed by atoms with Gasteiger partial charge in [0.25, 0.3) is 0 Å². The van der Waals surface area contributed by atoms with Crippen molar-refractivity contribution in [2.24, 2.45) is 0 Å². The highest BCUT2D eigenvalue weighted by molar-refractivity contribution is 7.99. The van der Waals surface area contributed by atoms with E-state index in [9.17, 15) is 9.90 Å². The average molecular weight is 398 g/mol. The molecule has 0 saturated heterocycles. The molecule has 2 aromatic carbocycles. The predicted octanol–water partition coefficient (Wildman–Crippen LogP) is 3.87. The van der Waals surface area contributed by atoms with E-state index < -0.39 is 0 Å². The zero-order valence-electron chi connectivity index (χ0n) is 15.7. The van der Waals surface area contributed by atoms with Crippen molar-refractivity contribution in [3.8, 4) is 11.5 Å². The fourth-order valence-corrected chi connectivity index (χ4v) is 3.47. The number of carbonyl (C=O) groups excluding carboxylic acids is 1. The van der Waals surface area contributed by atoms with Gasteiger partial charge < -0.3 is 19.7 Å². The standard InChI is InChI=1S/C20H22N4O3S/c1-3-24-19(14(2)27-15-9-5-4-6-10-15)22-23-20(24)28-13-18(26)21-16-11-7-8-12-17(16)25/h4-12,14,25H,3,13H2,1-2H3,(H,21,26)/t14-/m1/s1. The van der Waals surface area contributed by atoms with E-state index in [2.05, 4.69) is 15.5 Å². The number of carbonyl (C=O) groups is 1. The van der Waals surface area contributed by atoms with Crippen molar-refractivity contribution in [3.05, 3.63) is 60.4 Å². The minimum absolute atomic E-state index is 0.0340. The maximum absolute atomic E-state index is 12.2. The molecule has 0 unspecified atom stereocenters. The quantitative estimate of drug-likeness (QED) is 0.442. The molecule has 1 amide bonds. The molecular formula is C20H22N4O3S. The number of amides is 1. The second-order valence-electron chi connectivity index (χ2n) is 6.01. The lowest BCUT2D eigenvalue weighted by molar-refractivity contribution is -0.113. The van der Waals surface area contributed by atoms with E-state index in [4.69, 9.17) is 4.74 Å². The van der Waals surface area contributed by atoms with Crippen molar-refractivity contribution >= 4 is 23.4 Å². The van der Waals surface area contributed by atoms with Crippen molar-refractivity contribution in [2.45, 2.75) is 31.7 Å². The van der Waals surface area contributed by atoms with Crippen molar-refractivity contribution < 1.29 is 14.6 Å². The summed E-state index contributed by atoms with van der Waals surface area (Å²) in [5, 5.41) is 21.6. The number of anilines is 1. The number of phenols is 1. The molecule has 28 heavy (non-hydrogen) atoms. The number of thioether (sulfide) groups is 1. The first-order valence-electron chi connectivity index (χ1n) is 8.94. The van der Waals surface area contributed by atoms with Crippen molar-refractivity contribution in [1.82, 2.24) is 14.8 Å². The lowest BCUT2D eigenvalue weighted by atomic mass is 10.3. The van der Waals surface area contributed by atoms with E-state index >= 15 is 0 Å². The van der Waals surface area contributed by atoms with Crippen LogP contribution in [0.5, 0.6) is 11.5 Å². The number of aromatic nitrogens is 3. The van der Waals surface area contributed by atoms with Crippen LogP contribution in [0.2, 0.25) is 0 Å². The van der Waals surface area contributed by atoms with Gasteiger partial charge in [-0.05, 0) is 38.1 Å². The monoisotopic (exact) mass is 398 g/mol. The minimum Gasteiger partial charge on any atom is -0.506 e. The van der Waals surface area contributed by atoms with Crippen LogP contribution < -0.4 is 10.1 Å². The van der Waals surface area contributed by atoms with Crippen LogP contribution in [0.25, 0.3) is 0 Å². The Balaban J connectivity index is 1.63. The Hall–Kier alpha value is -3.00. The Morgan fingerprint density at radius 3 is 2.61 bits per heavy atom. The Labute approximate surface area is 167 Å². The van der Waals surface area contributed by atoms with Gasteiger partial charge >= 0.3 is 0 Å². The number of hydrogen-bond donors (Lipinski definition) is 2. The SMILES string of the molecule is CCn1c(SCC(=O)Nc2ccccc2O)nnc1[C@@H](C)Oc1ccccc1. The summed E-state index contributed by atoms with van der Waals surface area (Å²) >= 11 is 1.29. The number of ether oxygens (including phenoxy) is 1. The van der Waals surface area contributed by atoms with Gasteiger partial charge in [0.15, 0.2) is 17.1 Å². The Kier molecular flexibility index (Phi) is 6.54. The molecule has 0 radical (unpaired) electrons. The number of rotatable bonds is 8. The summed E-state index contributed by atoms with van der Waals surface area (Å²) in [6, 6.07) is 16.2. The van der Waals surface area contributed by atoms with E-state index in [1.165, 1.54) is 17.8 Å². The topological polar surface area (TPSA) is 89.3 Å². The molecule has 146 valence electrons. The smallest absolute Gasteiger partial charge is 0.234 e. The van der Waals surface area contributed by atoms with Gasteiger partial charge in [-0.2, -0.15) is 0 Å². The van der Waals surface area contributed by atoms with Gasteiger partial charge in [-0.25, -0.2) is 0 Å². The molecule has 0 aliphatic carbocycles. The van der Waals surface area contributed by atoms with Gasteiger partial charge in [-0.3, -0.25) is 4.79 Å². The van der Waals surface area contributed by atoms with Gasteiger partial charge in [0.2, 0.25) is 5.91 Å². The lowest BCUT2D eigenvalue weighted by Gasteiger charge is -2.15. The molecule has 8 heteroatoms. The molecule has 0 spiro atoms. The van der Waals surface area contributed by atoms with Crippen LogP contribution in [0.15, 0.2) is 59.8 Å². The maximum atomic E-state index is 12.2. The van der Waals surface area contributed by atoms with Gasteiger partial charge in [0.1, 0.15) is 11.5 Å². The van der Waals surface area contributed by atoms with Crippen LogP contribution in [-0.2, 0) is 11.3 Å². The minimum atomic E-state index is -0.278. The molecule has 7 nitrogen and oxygen atoms in total. The normalized spacial score (nSPS) is 11.8. The van der Waals surface area contributed by atoms with Crippen molar-refractivity contribution in [2.75, 3.05) is 11.1 Å². The predicted molar refractivity (Wildman–Crippen MR) is 109 cm³/mol. The van der Waals surface area contributed by atoms with Crippen LogP contribution >= 0.6 is 11.8 Å². The summed E-state index contributed by atoms with van der Waals surface area (Å²) in [5.41, 5.74) is 0.385. The number of nitrogens with zero attached hydrogens (tertiary/aromatic N) is 3. The molecule has 1 heterocycles. The van der Waals surface area contributed by atoms with E-state index in [1.807, 2.05) is 48.7 Å². The number of hydrogen-bond acceptors (Lipinski definition) is 6. The zero-order chi connectivity index (χ0) is 19.9. The third kappa shape index (κ3) is 4.83. The Morgan fingerprint density at radius 2 is 1.89 bits per heavy atom. The maximum Gasteiger partial charge on any atom is 0.234 e. The molecular weight excluding hydrogens is 376 g/mol. The summed E-state index contributed by atoms with van der Waals surface area (Å²) < 4.78 is 7.87. The van der Waals surface area contributed by atoms with E-state index in [0.717, 1.165) is 5.75 Å². The molecule has 0 aliphatic rings. The molecule has 0 bridgehead atoms. The fraction of sp³-hybridized carbons (Fsp3) is 0.250. The van der Waals surface area contributed by atoms with Gasteiger partial charge in [-0.1, -0.05) is 42.1 Å². The number of phenolic OH excluding ortho intramolecular Hbond substituents is 1. The molecule has 3 aromatic rings. The third-order valence-electron chi connectivity index (χ3n) is 3.99. The fourth-order valence-electron chi connectivity index (χ4n) is 2.66. The molecule has 1 atom stereocenters. The number of para-hydroxylation sites is 3. The number of nitrogens with one attached hydrogen (secondary N) is 1. The highest BCUT2D eigenvalue weighted by Gasteiger charge is 2.19. The first kappa shape index (κ1) is 19.8. The van der Waals surface area contributed by atoms with E-state index in [-0.39, 0.29) is 23.5 Å².